The fourth-order valence-electron chi connectivity index (χ4n) is 2.94. The Kier molecular flexibility index (Phi) is 4.27. The van der Waals surface area contributed by atoms with Crippen molar-refractivity contribution in [1.29, 1.82) is 0 Å². The summed E-state index contributed by atoms with van der Waals surface area (Å²) in [6.07, 6.45) is 0.629. The van der Waals surface area contributed by atoms with E-state index in [0.29, 0.717) is 13.0 Å². The minimum Gasteiger partial charge on any atom is -0.439 e. The van der Waals surface area contributed by atoms with Crippen LogP contribution in [-0.2, 0) is 15.6 Å². The van der Waals surface area contributed by atoms with Gasteiger partial charge >= 0.3 is 5.97 Å². The lowest BCUT2D eigenvalue weighted by Gasteiger charge is -2.42. The Hall–Kier alpha value is -1.36. The van der Waals surface area contributed by atoms with Crippen molar-refractivity contribution in [1.82, 2.24) is 0 Å². The molecule has 2 aromatic carbocycles. The average molecular weight is 345 g/mol. The summed E-state index contributed by atoms with van der Waals surface area (Å²) in [4.78, 5) is 0. The highest BCUT2D eigenvalue weighted by Crippen LogP contribution is 2.46. The Bertz CT molecular complexity index is 748. The van der Waals surface area contributed by atoms with E-state index in [9.17, 15) is 0 Å². The Morgan fingerprint density at radius 1 is 1.12 bits per heavy atom. The molecular formula is C20H28O3Si. The van der Waals surface area contributed by atoms with Crippen LogP contribution in [0.1, 0.15) is 33.3 Å². The predicted octanol–water partition coefficient (Wildman–Crippen LogP) is 5.49. The summed E-state index contributed by atoms with van der Waals surface area (Å²) >= 11 is 0. The molecular weight excluding hydrogens is 316 g/mol. The highest BCUT2D eigenvalue weighted by molar-refractivity contribution is 6.74. The van der Waals surface area contributed by atoms with E-state index in [0.717, 1.165) is 5.75 Å². The van der Waals surface area contributed by atoms with E-state index in [4.69, 9.17) is 13.9 Å². The van der Waals surface area contributed by atoms with Crippen LogP contribution in [-0.4, -0.2) is 20.9 Å². The lowest BCUT2D eigenvalue weighted by Crippen LogP contribution is -2.53. The van der Waals surface area contributed by atoms with Crippen molar-refractivity contribution < 1.29 is 13.9 Å². The summed E-state index contributed by atoms with van der Waals surface area (Å²) in [6.45, 7) is 13.7. The highest BCUT2D eigenvalue weighted by atomic mass is 28.4. The molecule has 0 saturated carbocycles. The van der Waals surface area contributed by atoms with Crippen LogP contribution in [0.25, 0.3) is 10.8 Å². The third-order valence-electron chi connectivity index (χ3n) is 5.24. The zero-order valence-electron chi connectivity index (χ0n) is 15.6. The third kappa shape index (κ3) is 2.98. The van der Waals surface area contributed by atoms with Gasteiger partial charge in [0.15, 0.2) is 0 Å². The molecule has 1 aliphatic rings. The number of benzene rings is 2. The maximum Gasteiger partial charge on any atom is 0.321 e. The molecule has 1 aliphatic heterocycles. The van der Waals surface area contributed by atoms with Gasteiger partial charge in [-0.05, 0) is 41.9 Å². The predicted molar refractivity (Wildman–Crippen MR) is 101 cm³/mol. The molecule has 3 nitrogen and oxygen atoms in total. The van der Waals surface area contributed by atoms with E-state index < -0.39 is 14.3 Å². The quantitative estimate of drug-likeness (QED) is 0.542. The first-order valence-electron chi connectivity index (χ1n) is 8.71. The summed E-state index contributed by atoms with van der Waals surface area (Å²) in [5.41, 5.74) is 1.18. The van der Waals surface area contributed by atoms with Crippen LogP contribution in [0.3, 0.4) is 0 Å². The van der Waals surface area contributed by atoms with Gasteiger partial charge in [0.1, 0.15) is 5.75 Å². The van der Waals surface area contributed by atoms with E-state index in [-0.39, 0.29) is 5.04 Å². The van der Waals surface area contributed by atoms with Crippen molar-refractivity contribution in [2.75, 3.05) is 6.61 Å². The van der Waals surface area contributed by atoms with Gasteiger partial charge in [0, 0.05) is 5.56 Å². The van der Waals surface area contributed by atoms with Crippen molar-refractivity contribution in [3.8, 4) is 5.75 Å². The smallest absolute Gasteiger partial charge is 0.321 e. The zero-order chi connectivity index (χ0) is 17.6. The van der Waals surface area contributed by atoms with Gasteiger partial charge in [0.05, 0.1) is 13.0 Å². The molecule has 130 valence electrons. The maximum absolute atomic E-state index is 6.62. The van der Waals surface area contributed by atoms with E-state index in [1.54, 1.807) is 0 Å². The minimum absolute atomic E-state index is 0.0945. The fourth-order valence-corrected chi connectivity index (χ4v) is 4.20. The van der Waals surface area contributed by atoms with E-state index in [1.165, 1.54) is 16.3 Å². The number of hydrogen-bond acceptors (Lipinski definition) is 3. The molecule has 0 bridgehead atoms. The molecule has 3 rings (SSSR count). The van der Waals surface area contributed by atoms with Crippen LogP contribution in [0.15, 0.2) is 36.4 Å². The molecule has 0 aromatic heterocycles. The number of ether oxygens (including phenoxy) is 2. The van der Waals surface area contributed by atoms with Crippen LogP contribution in [0.5, 0.6) is 5.75 Å². The molecule has 0 spiro atoms. The molecule has 1 atom stereocenters. The number of fused-ring (bicyclic) bond motifs is 3. The Labute approximate surface area is 146 Å². The SMILES string of the molecule is CCOC1(O[Si](C)(C)C(C)(C)C)Cc2c(ccc3ccccc23)O1. The molecule has 0 saturated heterocycles. The van der Waals surface area contributed by atoms with Crippen molar-refractivity contribution in [2.24, 2.45) is 0 Å². The van der Waals surface area contributed by atoms with E-state index in [1.807, 2.05) is 13.0 Å². The van der Waals surface area contributed by atoms with E-state index in [2.05, 4.69) is 64.2 Å². The molecule has 1 unspecified atom stereocenters. The third-order valence-corrected chi connectivity index (χ3v) is 9.67. The molecule has 0 fully saturated rings. The van der Waals surface area contributed by atoms with Crippen molar-refractivity contribution in [3.63, 3.8) is 0 Å². The molecule has 2 aromatic rings. The number of rotatable bonds is 4. The first-order chi connectivity index (χ1) is 11.2. The fraction of sp³-hybridized carbons (Fsp3) is 0.500. The maximum atomic E-state index is 6.62. The lowest BCUT2D eigenvalue weighted by molar-refractivity contribution is -0.295. The summed E-state index contributed by atoms with van der Waals surface area (Å²) in [7, 11) is -2.04. The van der Waals surface area contributed by atoms with Gasteiger partial charge in [-0.1, -0.05) is 51.1 Å². The molecule has 0 amide bonds. The first-order valence-corrected chi connectivity index (χ1v) is 11.6. The van der Waals surface area contributed by atoms with Crippen LogP contribution in [0.4, 0.5) is 0 Å². The molecule has 0 radical (unpaired) electrons. The topological polar surface area (TPSA) is 27.7 Å². The summed E-state index contributed by atoms with van der Waals surface area (Å²) in [6, 6.07) is 12.5. The molecule has 1 heterocycles. The van der Waals surface area contributed by atoms with Crippen LogP contribution in [0, 0.1) is 0 Å². The summed E-state index contributed by atoms with van der Waals surface area (Å²) in [5.74, 6) is -0.120. The Morgan fingerprint density at radius 2 is 1.83 bits per heavy atom. The molecule has 0 aliphatic carbocycles. The first kappa shape index (κ1) is 17.5. The zero-order valence-corrected chi connectivity index (χ0v) is 16.6. The average Bonchev–Trinajstić information content (AvgIpc) is 2.84. The normalized spacial score (nSPS) is 20.9. The second-order valence-corrected chi connectivity index (χ2v) is 12.7. The largest absolute Gasteiger partial charge is 0.439 e. The Balaban J connectivity index is 2.00. The van der Waals surface area contributed by atoms with Gasteiger partial charge < -0.3 is 13.9 Å². The minimum atomic E-state index is -2.04. The second-order valence-electron chi connectivity index (χ2n) is 8.02. The molecule has 0 N–H and O–H groups in total. The van der Waals surface area contributed by atoms with Crippen molar-refractivity contribution >= 4 is 19.1 Å². The molecule has 24 heavy (non-hydrogen) atoms. The lowest BCUT2D eigenvalue weighted by atomic mass is 10.0. The standard InChI is InChI=1S/C20H28O3Si/c1-7-21-20(23-24(5,6)19(2,3)4)14-17-16-11-9-8-10-15(16)12-13-18(17)22-20/h8-13H,7,14H2,1-6H3. The van der Waals surface area contributed by atoms with Crippen molar-refractivity contribution in [2.45, 2.75) is 58.2 Å². The molecule has 4 heteroatoms. The van der Waals surface area contributed by atoms with Crippen LogP contribution < -0.4 is 4.74 Å². The van der Waals surface area contributed by atoms with Gasteiger partial charge in [-0.2, -0.15) is 0 Å². The summed E-state index contributed by atoms with van der Waals surface area (Å²) in [5, 5.41) is 2.53. The van der Waals surface area contributed by atoms with Gasteiger partial charge in [0.2, 0.25) is 8.32 Å². The van der Waals surface area contributed by atoms with Gasteiger partial charge in [-0.15, -0.1) is 0 Å². The number of hydrogen-bond donors (Lipinski definition) is 0. The second kappa shape index (κ2) is 5.87. The monoisotopic (exact) mass is 344 g/mol. The van der Waals surface area contributed by atoms with Gasteiger partial charge in [-0.3, -0.25) is 0 Å². The van der Waals surface area contributed by atoms with Gasteiger partial charge in [-0.25, -0.2) is 0 Å². The Morgan fingerprint density at radius 3 is 2.50 bits per heavy atom. The van der Waals surface area contributed by atoms with Crippen molar-refractivity contribution in [3.05, 3.63) is 42.0 Å². The van der Waals surface area contributed by atoms with Crippen LogP contribution >= 0.6 is 0 Å². The van der Waals surface area contributed by atoms with Crippen LogP contribution in [0.2, 0.25) is 18.1 Å². The highest BCUT2D eigenvalue weighted by Gasteiger charge is 2.50. The summed E-state index contributed by atoms with van der Waals surface area (Å²) < 4.78 is 18.9. The van der Waals surface area contributed by atoms with E-state index >= 15 is 0 Å². The van der Waals surface area contributed by atoms with Gasteiger partial charge in [0.25, 0.3) is 0 Å².